The molecular weight excluding hydrogens is 236 g/mol. The van der Waals surface area contributed by atoms with Crippen molar-refractivity contribution in [3.05, 3.63) is 66.4 Å². The minimum atomic E-state index is 0.278. The van der Waals surface area contributed by atoms with Crippen LogP contribution in [0.5, 0.6) is 5.75 Å². The normalized spacial score (nSPS) is 10.5. The zero-order valence-corrected chi connectivity index (χ0v) is 10.4. The maximum atomic E-state index is 9.25. The standard InChI is InChI=1S/C16H14N2O/c19-14-7-5-13(6-8-14)18-11-12-9-10-17-16-4-2-1-3-15(12)16/h1-10,18-19H,11H2. The predicted octanol–water partition coefficient (Wildman–Crippen LogP) is 3.55. The van der Waals surface area contributed by atoms with Crippen LogP contribution in [0.4, 0.5) is 5.69 Å². The highest BCUT2D eigenvalue weighted by atomic mass is 16.3. The third-order valence-corrected chi connectivity index (χ3v) is 3.09. The largest absolute Gasteiger partial charge is 0.508 e. The number of hydrogen-bond donors (Lipinski definition) is 2. The van der Waals surface area contributed by atoms with Gasteiger partial charge in [-0.05, 0) is 42.0 Å². The number of phenols is 1. The Kier molecular flexibility index (Phi) is 3.02. The summed E-state index contributed by atoms with van der Waals surface area (Å²) >= 11 is 0. The Hall–Kier alpha value is -2.55. The van der Waals surface area contributed by atoms with Gasteiger partial charge in [0.15, 0.2) is 0 Å². The van der Waals surface area contributed by atoms with Crippen LogP contribution in [0, 0.1) is 0 Å². The second kappa shape index (κ2) is 4.98. The zero-order valence-electron chi connectivity index (χ0n) is 10.4. The molecule has 1 aromatic heterocycles. The van der Waals surface area contributed by atoms with Crippen LogP contribution < -0.4 is 5.32 Å². The molecule has 0 aliphatic carbocycles. The SMILES string of the molecule is Oc1ccc(NCc2ccnc3ccccc23)cc1. The molecule has 0 saturated heterocycles. The summed E-state index contributed by atoms with van der Waals surface area (Å²) in [5, 5.41) is 13.8. The predicted molar refractivity (Wildman–Crippen MR) is 77.2 cm³/mol. The van der Waals surface area contributed by atoms with E-state index in [9.17, 15) is 5.11 Å². The van der Waals surface area contributed by atoms with Crippen LogP contribution in [-0.2, 0) is 6.54 Å². The molecule has 94 valence electrons. The van der Waals surface area contributed by atoms with Gasteiger partial charge in [0.1, 0.15) is 5.75 Å². The first-order chi connectivity index (χ1) is 9.33. The summed E-state index contributed by atoms with van der Waals surface area (Å²) < 4.78 is 0. The van der Waals surface area contributed by atoms with E-state index in [1.54, 1.807) is 12.1 Å². The van der Waals surface area contributed by atoms with Crippen molar-refractivity contribution < 1.29 is 5.11 Å². The Labute approximate surface area is 111 Å². The molecule has 0 unspecified atom stereocenters. The number of rotatable bonds is 3. The molecule has 0 aliphatic rings. The lowest BCUT2D eigenvalue weighted by molar-refractivity contribution is 0.475. The lowest BCUT2D eigenvalue weighted by atomic mass is 10.1. The molecule has 0 radical (unpaired) electrons. The van der Waals surface area contributed by atoms with Crippen LogP contribution >= 0.6 is 0 Å². The van der Waals surface area contributed by atoms with Crippen LogP contribution in [0.3, 0.4) is 0 Å². The van der Waals surface area contributed by atoms with Crippen molar-refractivity contribution in [3.8, 4) is 5.75 Å². The van der Waals surface area contributed by atoms with Crippen LogP contribution in [0.25, 0.3) is 10.9 Å². The van der Waals surface area contributed by atoms with Crippen molar-refractivity contribution in [1.82, 2.24) is 4.98 Å². The van der Waals surface area contributed by atoms with Gasteiger partial charge in [-0.25, -0.2) is 0 Å². The molecular formula is C16H14N2O. The van der Waals surface area contributed by atoms with Crippen LogP contribution in [0.2, 0.25) is 0 Å². The highest BCUT2D eigenvalue weighted by Gasteiger charge is 2.01. The minimum absolute atomic E-state index is 0.278. The van der Waals surface area contributed by atoms with E-state index < -0.39 is 0 Å². The van der Waals surface area contributed by atoms with Crippen molar-refractivity contribution in [2.75, 3.05) is 5.32 Å². The second-order valence-corrected chi connectivity index (χ2v) is 4.39. The smallest absolute Gasteiger partial charge is 0.115 e. The Bertz CT molecular complexity index is 687. The fraction of sp³-hybridized carbons (Fsp3) is 0.0625. The highest BCUT2D eigenvalue weighted by molar-refractivity contribution is 5.82. The summed E-state index contributed by atoms with van der Waals surface area (Å²) in [5.41, 5.74) is 3.20. The molecule has 3 rings (SSSR count). The van der Waals surface area contributed by atoms with Crippen molar-refractivity contribution in [2.45, 2.75) is 6.54 Å². The van der Waals surface area contributed by atoms with Gasteiger partial charge in [0.25, 0.3) is 0 Å². The van der Waals surface area contributed by atoms with E-state index in [1.165, 1.54) is 5.56 Å². The molecule has 1 heterocycles. The number of pyridine rings is 1. The molecule has 3 nitrogen and oxygen atoms in total. The average molecular weight is 250 g/mol. The maximum Gasteiger partial charge on any atom is 0.115 e. The van der Waals surface area contributed by atoms with Gasteiger partial charge in [-0.1, -0.05) is 18.2 Å². The van der Waals surface area contributed by atoms with Gasteiger partial charge in [-0.2, -0.15) is 0 Å². The molecule has 2 aromatic carbocycles. The average Bonchev–Trinajstić information content (AvgIpc) is 2.47. The van der Waals surface area contributed by atoms with Crippen molar-refractivity contribution in [2.24, 2.45) is 0 Å². The maximum absolute atomic E-state index is 9.25. The molecule has 0 amide bonds. The van der Waals surface area contributed by atoms with E-state index in [0.717, 1.165) is 23.1 Å². The fourth-order valence-corrected chi connectivity index (χ4v) is 2.09. The van der Waals surface area contributed by atoms with Gasteiger partial charge in [0.2, 0.25) is 0 Å². The van der Waals surface area contributed by atoms with Gasteiger partial charge in [0, 0.05) is 23.8 Å². The van der Waals surface area contributed by atoms with E-state index in [0.29, 0.717) is 0 Å². The molecule has 0 spiro atoms. The number of aromatic hydroxyl groups is 1. The summed E-state index contributed by atoms with van der Waals surface area (Å²) in [5.74, 6) is 0.278. The third kappa shape index (κ3) is 2.50. The first kappa shape index (κ1) is 11.5. The first-order valence-corrected chi connectivity index (χ1v) is 6.18. The van der Waals surface area contributed by atoms with E-state index in [4.69, 9.17) is 0 Å². The lowest BCUT2D eigenvalue weighted by Crippen LogP contribution is -2.00. The number of anilines is 1. The summed E-state index contributed by atoms with van der Waals surface area (Å²) in [7, 11) is 0. The van der Waals surface area contributed by atoms with Crippen molar-refractivity contribution in [1.29, 1.82) is 0 Å². The number of para-hydroxylation sites is 1. The van der Waals surface area contributed by atoms with Gasteiger partial charge >= 0.3 is 0 Å². The number of fused-ring (bicyclic) bond motifs is 1. The summed E-state index contributed by atoms with van der Waals surface area (Å²) in [6.07, 6.45) is 1.83. The summed E-state index contributed by atoms with van der Waals surface area (Å²) in [6, 6.07) is 17.2. The van der Waals surface area contributed by atoms with E-state index in [1.807, 2.05) is 42.6 Å². The molecule has 0 saturated carbocycles. The monoisotopic (exact) mass is 250 g/mol. The number of hydrogen-bond acceptors (Lipinski definition) is 3. The highest BCUT2D eigenvalue weighted by Crippen LogP contribution is 2.19. The fourth-order valence-electron chi connectivity index (χ4n) is 2.09. The number of nitrogens with one attached hydrogen (secondary N) is 1. The van der Waals surface area contributed by atoms with Gasteiger partial charge in [0.05, 0.1) is 5.52 Å². The van der Waals surface area contributed by atoms with Gasteiger partial charge in [-0.15, -0.1) is 0 Å². The molecule has 0 fully saturated rings. The first-order valence-electron chi connectivity index (χ1n) is 6.18. The molecule has 19 heavy (non-hydrogen) atoms. The molecule has 2 N–H and O–H groups in total. The van der Waals surface area contributed by atoms with Gasteiger partial charge < -0.3 is 10.4 Å². The second-order valence-electron chi connectivity index (χ2n) is 4.39. The van der Waals surface area contributed by atoms with Crippen LogP contribution in [0.15, 0.2) is 60.8 Å². The Morgan fingerprint density at radius 2 is 1.74 bits per heavy atom. The Morgan fingerprint density at radius 1 is 0.947 bits per heavy atom. The molecule has 3 heteroatoms. The number of nitrogens with zero attached hydrogens (tertiary/aromatic N) is 1. The number of aromatic nitrogens is 1. The number of benzene rings is 2. The Morgan fingerprint density at radius 3 is 2.58 bits per heavy atom. The van der Waals surface area contributed by atoms with Crippen LogP contribution in [-0.4, -0.2) is 10.1 Å². The van der Waals surface area contributed by atoms with Crippen molar-refractivity contribution >= 4 is 16.6 Å². The lowest BCUT2D eigenvalue weighted by Gasteiger charge is -2.09. The molecule has 3 aromatic rings. The zero-order chi connectivity index (χ0) is 13.1. The molecule has 0 aliphatic heterocycles. The van der Waals surface area contributed by atoms with E-state index in [2.05, 4.69) is 16.4 Å². The molecule has 0 bridgehead atoms. The van der Waals surface area contributed by atoms with Crippen molar-refractivity contribution in [3.63, 3.8) is 0 Å². The van der Waals surface area contributed by atoms with E-state index in [-0.39, 0.29) is 5.75 Å². The topological polar surface area (TPSA) is 45.1 Å². The minimum Gasteiger partial charge on any atom is -0.508 e. The van der Waals surface area contributed by atoms with Gasteiger partial charge in [-0.3, -0.25) is 4.98 Å². The Balaban J connectivity index is 1.84. The third-order valence-electron chi connectivity index (χ3n) is 3.09. The number of phenolic OH excluding ortho intramolecular Hbond substituents is 1. The summed E-state index contributed by atoms with van der Waals surface area (Å²) in [6.45, 7) is 0.730. The van der Waals surface area contributed by atoms with E-state index >= 15 is 0 Å². The molecule has 0 atom stereocenters. The quantitative estimate of drug-likeness (QED) is 0.699. The summed E-state index contributed by atoms with van der Waals surface area (Å²) in [4.78, 5) is 4.35. The van der Waals surface area contributed by atoms with Crippen LogP contribution in [0.1, 0.15) is 5.56 Å².